The lowest BCUT2D eigenvalue weighted by atomic mass is 9.94. The maximum atomic E-state index is 4.06. The molecule has 0 spiro atoms. The Labute approximate surface area is 107 Å². The number of nitrogens with zero attached hydrogens (tertiary/aromatic N) is 3. The Hall–Kier alpha value is -1.68. The Morgan fingerprint density at radius 2 is 2.11 bits per heavy atom. The molecule has 4 heteroatoms. The van der Waals surface area contributed by atoms with Crippen LogP contribution in [0.15, 0.2) is 36.8 Å². The molecule has 0 bridgehead atoms. The third kappa shape index (κ3) is 2.59. The summed E-state index contributed by atoms with van der Waals surface area (Å²) >= 11 is 0. The molecule has 4 nitrogen and oxygen atoms in total. The Morgan fingerprint density at radius 1 is 1.22 bits per heavy atom. The fraction of sp³-hybridized carbons (Fsp3) is 0.429. The van der Waals surface area contributed by atoms with Crippen molar-refractivity contribution in [2.24, 2.45) is 0 Å². The van der Waals surface area contributed by atoms with Crippen LogP contribution >= 0.6 is 0 Å². The molecule has 3 heterocycles. The first-order valence-corrected chi connectivity index (χ1v) is 6.52. The number of pyridine rings is 1. The highest BCUT2D eigenvalue weighted by molar-refractivity contribution is 5.11. The number of rotatable bonds is 3. The largest absolute Gasteiger partial charge is 0.298 e. The summed E-state index contributed by atoms with van der Waals surface area (Å²) in [7, 11) is 0. The lowest BCUT2D eigenvalue weighted by Gasteiger charge is -2.32. The molecule has 0 saturated carbocycles. The summed E-state index contributed by atoms with van der Waals surface area (Å²) in [6.45, 7) is 3.32. The van der Waals surface area contributed by atoms with Crippen LogP contribution in [0.1, 0.15) is 30.0 Å². The Morgan fingerprint density at radius 3 is 2.89 bits per heavy atom. The smallest absolute Gasteiger partial charge is 0.0490 e. The van der Waals surface area contributed by atoms with Gasteiger partial charge in [0.1, 0.15) is 0 Å². The van der Waals surface area contributed by atoms with Gasteiger partial charge in [0.2, 0.25) is 0 Å². The average Bonchev–Trinajstić information content (AvgIpc) is 2.94. The third-order valence-corrected chi connectivity index (χ3v) is 3.62. The van der Waals surface area contributed by atoms with Gasteiger partial charge >= 0.3 is 0 Å². The van der Waals surface area contributed by atoms with Gasteiger partial charge < -0.3 is 0 Å². The van der Waals surface area contributed by atoms with Gasteiger partial charge in [0.25, 0.3) is 0 Å². The second-order valence-corrected chi connectivity index (χ2v) is 4.94. The summed E-state index contributed by atoms with van der Waals surface area (Å²) in [5.74, 6) is 0.600. The van der Waals surface area contributed by atoms with E-state index in [1.165, 1.54) is 30.6 Å². The maximum Gasteiger partial charge on any atom is 0.0490 e. The summed E-state index contributed by atoms with van der Waals surface area (Å²) in [5, 5.41) is 7.16. The second kappa shape index (κ2) is 5.31. The van der Waals surface area contributed by atoms with Crippen molar-refractivity contribution in [2.75, 3.05) is 13.1 Å². The zero-order valence-corrected chi connectivity index (χ0v) is 10.4. The molecule has 1 N–H and O–H groups in total. The minimum absolute atomic E-state index is 0.600. The van der Waals surface area contributed by atoms with Gasteiger partial charge in [-0.1, -0.05) is 0 Å². The van der Waals surface area contributed by atoms with E-state index in [1.54, 1.807) is 0 Å². The highest BCUT2D eigenvalue weighted by Crippen LogP contribution is 2.25. The Balaban J connectivity index is 1.64. The Kier molecular flexibility index (Phi) is 3.37. The van der Waals surface area contributed by atoms with Crippen molar-refractivity contribution < 1.29 is 0 Å². The number of piperidine rings is 1. The standard InChI is InChI=1S/C14H18N4/c1-2-13(14-5-8-16-17-14)11-18(9-1)10-12-3-6-15-7-4-12/h3-8,13H,1-2,9-11H2,(H,16,17)/t13-/m1/s1. The minimum atomic E-state index is 0.600. The van der Waals surface area contributed by atoms with E-state index < -0.39 is 0 Å². The predicted molar refractivity (Wildman–Crippen MR) is 70.1 cm³/mol. The number of likely N-dealkylation sites (tertiary alicyclic amines) is 1. The van der Waals surface area contributed by atoms with Crippen molar-refractivity contribution in [2.45, 2.75) is 25.3 Å². The third-order valence-electron chi connectivity index (χ3n) is 3.62. The van der Waals surface area contributed by atoms with Gasteiger partial charge in [-0.15, -0.1) is 0 Å². The summed E-state index contributed by atoms with van der Waals surface area (Å²) in [4.78, 5) is 6.58. The zero-order chi connectivity index (χ0) is 12.2. The molecule has 1 fully saturated rings. The molecule has 2 aromatic heterocycles. The van der Waals surface area contributed by atoms with E-state index in [1.807, 2.05) is 18.6 Å². The van der Waals surface area contributed by atoms with Crippen molar-refractivity contribution in [1.29, 1.82) is 0 Å². The molecule has 2 aromatic rings. The normalized spacial score (nSPS) is 21.0. The van der Waals surface area contributed by atoms with E-state index >= 15 is 0 Å². The van der Waals surface area contributed by atoms with E-state index in [4.69, 9.17) is 0 Å². The van der Waals surface area contributed by atoms with Crippen LogP contribution in [-0.2, 0) is 6.54 Å². The van der Waals surface area contributed by atoms with Gasteiger partial charge in [-0.25, -0.2) is 0 Å². The van der Waals surface area contributed by atoms with E-state index in [0.29, 0.717) is 5.92 Å². The van der Waals surface area contributed by atoms with Crippen LogP contribution in [0.25, 0.3) is 0 Å². The van der Waals surface area contributed by atoms with E-state index in [-0.39, 0.29) is 0 Å². The molecule has 94 valence electrons. The minimum Gasteiger partial charge on any atom is -0.298 e. The van der Waals surface area contributed by atoms with Crippen molar-refractivity contribution >= 4 is 0 Å². The second-order valence-electron chi connectivity index (χ2n) is 4.94. The van der Waals surface area contributed by atoms with Crippen molar-refractivity contribution in [1.82, 2.24) is 20.1 Å². The van der Waals surface area contributed by atoms with Gasteiger partial charge in [0.15, 0.2) is 0 Å². The number of H-pyrrole nitrogens is 1. The van der Waals surface area contributed by atoms with E-state index in [0.717, 1.165) is 13.1 Å². The summed E-state index contributed by atoms with van der Waals surface area (Å²) in [6, 6.07) is 6.29. The average molecular weight is 242 g/mol. The molecule has 1 saturated heterocycles. The number of hydrogen-bond acceptors (Lipinski definition) is 3. The fourth-order valence-electron chi connectivity index (χ4n) is 2.69. The van der Waals surface area contributed by atoms with Crippen molar-refractivity contribution in [3.63, 3.8) is 0 Å². The van der Waals surface area contributed by atoms with Gasteiger partial charge in [-0.2, -0.15) is 5.10 Å². The van der Waals surface area contributed by atoms with Crippen LogP contribution in [-0.4, -0.2) is 33.2 Å². The predicted octanol–water partition coefficient (Wildman–Crippen LogP) is 2.18. The molecule has 1 aliphatic heterocycles. The molecular weight excluding hydrogens is 224 g/mol. The number of aromatic amines is 1. The first kappa shape index (κ1) is 11.4. The molecular formula is C14H18N4. The zero-order valence-electron chi connectivity index (χ0n) is 10.4. The first-order valence-electron chi connectivity index (χ1n) is 6.52. The quantitative estimate of drug-likeness (QED) is 0.897. The molecule has 0 aromatic carbocycles. The number of aromatic nitrogens is 3. The van der Waals surface area contributed by atoms with E-state index in [2.05, 4.69) is 38.3 Å². The molecule has 1 aliphatic rings. The lowest BCUT2D eigenvalue weighted by molar-refractivity contribution is 0.198. The van der Waals surface area contributed by atoms with Crippen molar-refractivity contribution in [3.8, 4) is 0 Å². The first-order chi connectivity index (χ1) is 8.92. The van der Waals surface area contributed by atoms with Crippen LogP contribution in [0.5, 0.6) is 0 Å². The molecule has 18 heavy (non-hydrogen) atoms. The molecule has 0 radical (unpaired) electrons. The summed E-state index contributed by atoms with van der Waals surface area (Å²) < 4.78 is 0. The van der Waals surface area contributed by atoms with Gasteiger partial charge in [-0.3, -0.25) is 15.0 Å². The van der Waals surface area contributed by atoms with Crippen LogP contribution in [0, 0.1) is 0 Å². The maximum absolute atomic E-state index is 4.06. The summed E-state index contributed by atoms with van der Waals surface area (Å²) in [6.07, 6.45) is 8.10. The van der Waals surface area contributed by atoms with Crippen LogP contribution in [0.4, 0.5) is 0 Å². The molecule has 0 amide bonds. The number of hydrogen-bond donors (Lipinski definition) is 1. The topological polar surface area (TPSA) is 44.8 Å². The molecule has 1 atom stereocenters. The van der Waals surface area contributed by atoms with Crippen LogP contribution in [0.3, 0.4) is 0 Å². The van der Waals surface area contributed by atoms with Crippen molar-refractivity contribution in [3.05, 3.63) is 48.0 Å². The van der Waals surface area contributed by atoms with Gasteiger partial charge in [0.05, 0.1) is 0 Å². The summed E-state index contributed by atoms with van der Waals surface area (Å²) in [5.41, 5.74) is 2.62. The van der Waals surface area contributed by atoms with Crippen LogP contribution < -0.4 is 0 Å². The highest BCUT2D eigenvalue weighted by atomic mass is 15.1. The monoisotopic (exact) mass is 242 g/mol. The SMILES string of the molecule is c1cc(CN2CCC[C@@H](c3ccn[nH]3)C2)ccn1. The molecule has 3 rings (SSSR count). The highest BCUT2D eigenvalue weighted by Gasteiger charge is 2.22. The molecule has 0 unspecified atom stereocenters. The van der Waals surface area contributed by atoms with Gasteiger partial charge in [-0.05, 0) is 43.1 Å². The fourth-order valence-corrected chi connectivity index (χ4v) is 2.69. The Bertz CT molecular complexity index is 466. The van der Waals surface area contributed by atoms with Gasteiger partial charge in [0, 0.05) is 43.3 Å². The molecule has 0 aliphatic carbocycles. The lowest BCUT2D eigenvalue weighted by Crippen LogP contribution is -2.34. The van der Waals surface area contributed by atoms with E-state index in [9.17, 15) is 0 Å². The van der Waals surface area contributed by atoms with Crippen LogP contribution in [0.2, 0.25) is 0 Å². The number of nitrogens with one attached hydrogen (secondary N) is 1.